The minimum absolute atomic E-state index is 0.609. The van der Waals surface area contributed by atoms with Crippen LogP contribution in [0.1, 0.15) is 18.7 Å². The summed E-state index contributed by atoms with van der Waals surface area (Å²) in [6.07, 6.45) is 6.70. The number of nitrogens with one attached hydrogen (secondary N) is 1. The SMILES string of the molecule is Brc1cncc(-c2noc(CC3CCNCC3)n2)c1. The zero-order valence-electron chi connectivity index (χ0n) is 10.5. The molecule has 1 N–H and O–H groups in total. The summed E-state index contributed by atoms with van der Waals surface area (Å²) in [5.74, 6) is 1.98. The highest BCUT2D eigenvalue weighted by molar-refractivity contribution is 9.10. The first-order valence-electron chi connectivity index (χ1n) is 6.45. The summed E-state index contributed by atoms with van der Waals surface area (Å²) >= 11 is 3.39. The van der Waals surface area contributed by atoms with Crippen molar-refractivity contribution in [3.05, 3.63) is 28.8 Å². The molecule has 19 heavy (non-hydrogen) atoms. The molecule has 1 fully saturated rings. The molecule has 0 radical (unpaired) electrons. The number of rotatable bonds is 3. The van der Waals surface area contributed by atoms with Crippen molar-refractivity contribution in [2.24, 2.45) is 5.92 Å². The predicted octanol–water partition coefficient (Wildman–Crippen LogP) is 2.44. The Hall–Kier alpha value is -1.27. The number of pyridine rings is 1. The molecular formula is C13H15BrN4O. The summed E-state index contributed by atoms with van der Waals surface area (Å²) < 4.78 is 6.25. The van der Waals surface area contributed by atoms with Gasteiger partial charge in [-0.15, -0.1) is 0 Å². The third-order valence-corrected chi connectivity index (χ3v) is 3.79. The van der Waals surface area contributed by atoms with Crippen molar-refractivity contribution in [1.82, 2.24) is 20.4 Å². The van der Waals surface area contributed by atoms with Crippen LogP contribution in [0.25, 0.3) is 11.4 Å². The molecule has 2 aromatic heterocycles. The molecular weight excluding hydrogens is 308 g/mol. The van der Waals surface area contributed by atoms with E-state index in [-0.39, 0.29) is 0 Å². The molecule has 0 aromatic carbocycles. The van der Waals surface area contributed by atoms with Gasteiger partial charge in [0, 0.05) is 28.9 Å². The largest absolute Gasteiger partial charge is 0.339 e. The van der Waals surface area contributed by atoms with Crippen molar-refractivity contribution in [3.63, 3.8) is 0 Å². The zero-order valence-corrected chi connectivity index (χ0v) is 12.1. The normalized spacial score (nSPS) is 16.7. The Kier molecular flexibility index (Phi) is 3.89. The van der Waals surface area contributed by atoms with Crippen molar-refractivity contribution >= 4 is 15.9 Å². The molecule has 1 aliphatic heterocycles. The van der Waals surface area contributed by atoms with Crippen molar-refractivity contribution in [2.45, 2.75) is 19.3 Å². The molecule has 0 unspecified atom stereocenters. The Morgan fingerprint density at radius 3 is 2.95 bits per heavy atom. The molecule has 100 valence electrons. The van der Waals surface area contributed by atoms with Gasteiger partial charge in [-0.3, -0.25) is 4.98 Å². The van der Waals surface area contributed by atoms with Crippen LogP contribution in [-0.4, -0.2) is 28.2 Å². The summed E-state index contributed by atoms with van der Waals surface area (Å²) in [5.41, 5.74) is 0.870. The number of hydrogen-bond donors (Lipinski definition) is 1. The quantitative estimate of drug-likeness (QED) is 0.940. The molecule has 5 nitrogen and oxygen atoms in total. The van der Waals surface area contributed by atoms with E-state index in [1.807, 2.05) is 6.07 Å². The van der Waals surface area contributed by atoms with Crippen LogP contribution in [0.5, 0.6) is 0 Å². The lowest BCUT2D eigenvalue weighted by molar-refractivity contribution is 0.313. The first kappa shape index (κ1) is 12.7. The van der Waals surface area contributed by atoms with E-state index in [1.165, 1.54) is 12.8 Å². The van der Waals surface area contributed by atoms with E-state index in [0.717, 1.165) is 35.4 Å². The molecule has 3 heterocycles. The van der Waals surface area contributed by atoms with Gasteiger partial charge in [0.15, 0.2) is 0 Å². The molecule has 0 spiro atoms. The average Bonchev–Trinajstić information content (AvgIpc) is 2.88. The van der Waals surface area contributed by atoms with Crippen molar-refractivity contribution in [2.75, 3.05) is 13.1 Å². The minimum Gasteiger partial charge on any atom is -0.339 e. The van der Waals surface area contributed by atoms with Gasteiger partial charge in [-0.25, -0.2) is 0 Å². The second-order valence-corrected chi connectivity index (χ2v) is 5.72. The number of nitrogens with zero attached hydrogens (tertiary/aromatic N) is 3. The topological polar surface area (TPSA) is 63.8 Å². The smallest absolute Gasteiger partial charge is 0.227 e. The van der Waals surface area contributed by atoms with E-state index in [4.69, 9.17) is 4.52 Å². The summed E-state index contributed by atoms with van der Waals surface area (Å²) in [7, 11) is 0. The Bertz CT molecular complexity index is 551. The summed E-state index contributed by atoms with van der Waals surface area (Å²) in [6.45, 7) is 2.17. The molecule has 2 aromatic rings. The van der Waals surface area contributed by atoms with E-state index in [0.29, 0.717) is 11.7 Å². The van der Waals surface area contributed by atoms with Crippen LogP contribution >= 0.6 is 15.9 Å². The number of hydrogen-bond acceptors (Lipinski definition) is 5. The Balaban J connectivity index is 1.72. The Morgan fingerprint density at radius 1 is 1.32 bits per heavy atom. The Morgan fingerprint density at radius 2 is 2.16 bits per heavy atom. The van der Waals surface area contributed by atoms with Gasteiger partial charge in [-0.2, -0.15) is 4.98 Å². The number of aromatic nitrogens is 3. The van der Waals surface area contributed by atoms with E-state index in [2.05, 4.69) is 36.4 Å². The van der Waals surface area contributed by atoms with Gasteiger partial charge in [-0.05, 0) is 53.8 Å². The first-order chi connectivity index (χ1) is 9.31. The van der Waals surface area contributed by atoms with Gasteiger partial charge in [0.05, 0.1) is 0 Å². The van der Waals surface area contributed by atoms with Gasteiger partial charge in [-0.1, -0.05) is 5.16 Å². The molecule has 6 heteroatoms. The monoisotopic (exact) mass is 322 g/mol. The van der Waals surface area contributed by atoms with Crippen LogP contribution in [-0.2, 0) is 6.42 Å². The lowest BCUT2D eigenvalue weighted by atomic mass is 9.95. The van der Waals surface area contributed by atoms with E-state index in [1.54, 1.807) is 12.4 Å². The maximum atomic E-state index is 5.34. The second kappa shape index (κ2) is 5.79. The van der Waals surface area contributed by atoms with Crippen LogP contribution < -0.4 is 5.32 Å². The van der Waals surface area contributed by atoms with Crippen molar-refractivity contribution in [1.29, 1.82) is 0 Å². The van der Waals surface area contributed by atoms with Crippen LogP contribution in [0.15, 0.2) is 27.5 Å². The molecule has 0 aliphatic carbocycles. The van der Waals surface area contributed by atoms with Gasteiger partial charge >= 0.3 is 0 Å². The van der Waals surface area contributed by atoms with Crippen LogP contribution in [0.3, 0.4) is 0 Å². The van der Waals surface area contributed by atoms with Crippen molar-refractivity contribution < 1.29 is 4.52 Å². The average molecular weight is 323 g/mol. The van der Waals surface area contributed by atoms with Gasteiger partial charge in [0.2, 0.25) is 11.7 Å². The highest BCUT2D eigenvalue weighted by atomic mass is 79.9. The lowest BCUT2D eigenvalue weighted by Crippen LogP contribution is -2.28. The van der Waals surface area contributed by atoms with Gasteiger partial charge in [0.1, 0.15) is 0 Å². The van der Waals surface area contributed by atoms with E-state index >= 15 is 0 Å². The predicted molar refractivity (Wildman–Crippen MR) is 74.5 cm³/mol. The third kappa shape index (κ3) is 3.19. The summed E-state index contributed by atoms with van der Waals surface area (Å²) in [4.78, 5) is 8.57. The fourth-order valence-corrected chi connectivity index (χ4v) is 2.69. The highest BCUT2D eigenvalue weighted by Gasteiger charge is 2.17. The maximum absolute atomic E-state index is 5.34. The molecule has 1 aliphatic rings. The fourth-order valence-electron chi connectivity index (χ4n) is 2.32. The van der Waals surface area contributed by atoms with E-state index in [9.17, 15) is 0 Å². The number of piperidine rings is 1. The highest BCUT2D eigenvalue weighted by Crippen LogP contribution is 2.21. The van der Waals surface area contributed by atoms with Crippen molar-refractivity contribution in [3.8, 4) is 11.4 Å². The van der Waals surface area contributed by atoms with Crippen LogP contribution in [0.2, 0.25) is 0 Å². The Labute approximate surface area is 119 Å². The third-order valence-electron chi connectivity index (χ3n) is 3.35. The number of halogens is 1. The molecule has 0 bridgehead atoms. The lowest BCUT2D eigenvalue weighted by Gasteiger charge is -2.20. The molecule has 3 rings (SSSR count). The zero-order chi connectivity index (χ0) is 13.1. The van der Waals surface area contributed by atoms with Gasteiger partial charge < -0.3 is 9.84 Å². The summed E-state index contributed by atoms with van der Waals surface area (Å²) in [6, 6.07) is 1.94. The molecule has 0 atom stereocenters. The minimum atomic E-state index is 0.609. The molecule has 0 saturated carbocycles. The standard InChI is InChI=1S/C13H15BrN4O/c14-11-6-10(7-16-8-11)13-17-12(19-18-13)5-9-1-3-15-4-2-9/h6-9,15H,1-5H2. The van der Waals surface area contributed by atoms with Crippen LogP contribution in [0, 0.1) is 5.92 Å². The first-order valence-corrected chi connectivity index (χ1v) is 7.25. The van der Waals surface area contributed by atoms with Gasteiger partial charge in [0.25, 0.3) is 0 Å². The maximum Gasteiger partial charge on any atom is 0.227 e. The van der Waals surface area contributed by atoms with Crippen LogP contribution in [0.4, 0.5) is 0 Å². The summed E-state index contributed by atoms with van der Waals surface area (Å²) in [5, 5.41) is 7.39. The second-order valence-electron chi connectivity index (χ2n) is 4.80. The molecule has 1 saturated heterocycles. The van der Waals surface area contributed by atoms with E-state index < -0.39 is 0 Å². The fraction of sp³-hybridized carbons (Fsp3) is 0.462. The molecule has 0 amide bonds.